The van der Waals surface area contributed by atoms with Crippen LogP contribution in [0.3, 0.4) is 0 Å². The molecule has 0 bridgehead atoms. The Kier molecular flexibility index (Phi) is 5.57. The molecule has 154 valence electrons. The predicted molar refractivity (Wildman–Crippen MR) is 107 cm³/mol. The van der Waals surface area contributed by atoms with Crippen LogP contribution in [0.25, 0.3) is 11.2 Å². The van der Waals surface area contributed by atoms with Gasteiger partial charge in [-0.2, -0.15) is 4.31 Å². The Hall–Kier alpha value is -1.71. The summed E-state index contributed by atoms with van der Waals surface area (Å²) in [5.74, 6) is 0.278. The van der Waals surface area contributed by atoms with Crippen LogP contribution in [0.1, 0.15) is 57.9 Å². The monoisotopic (exact) mass is 407 g/mol. The van der Waals surface area contributed by atoms with E-state index in [0.717, 1.165) is 25.7 Å². The number of nitrogen functional groups attached to an aromatic ring is 1. The maximum Gasteiger partial charge on any atom is 0.248 e. The fourth-order valence-corrected chi connectivity index (χ4v) is 6.28. The summed E-state index contributed by atoms with van der Waals surface area (Å²) < 4.78 is 36.1. The lowest BCUT2D eigenvalue weighted by molar-refractivity contribution is 0.0290. The molecule has 0 spiro atoms. The SMILES string of the molecule is CCOC1CCN(S(=O)(=O)c2c(N)n(C3CCCCC3)c3nccnc23)CC1. The number of rotatable bonds is 5. The van der Waals surface area contributed by atoms with E-state index < -0.39 is 10.0 Å². The lowest BCUT2D eigenvalue weighted by atomic mass is 9.95. The van der Waals surface area contributed by atoms with Crippen molar-refractivity contribution in [3.05, 3.63) is 12.4 Å². The van der Waals surface area contributed by atoms with Gasteiger partial charge in [0, 0.05) is 38.1 Å². The summed E-state index contributed by atoms with van der Waals surface area (Å²) in [4.78, 5) is 8.94. The normalized spacial score (nSPS) is 20.8. The molecule has 2 fully saturated rings. The van der Waals surface area contributed by atoms with Crippen LogP contribution in [0.4, 0.5) is 5.82 Å². The molecule has 2 aromatic rings. The molecule has 8 nitrogen and oxygen atoms in total. The van der Waals surface area contributed by atoms with Crippen molar-refractivity contribution in [2.45, 2.75) is 68.9 Å². The summed E-state index contributed by atoms with van der Waals surface area (Å²) in [5, 5.41) is 0. The van der Waals surface area contributed by atoms with Gasteiger partial charge in [-0.05, 0) is 32.6 Å². The molecule has 0 atom stereocenters. The third kappa shape index (κ3) is 3.40. The molecule has 28 heavy (non-hydrogen) atoms. The number of hydrogen-bond donors (Lipinski definition) is 1. The quantitative estimate of drug-likeness (QED) is 0.817. The minimum absolute atomic E-state index is 0.121. The fraction of sp³-hybridized carbons (Fsp3) is 0.684. The first-order chi connectivity index (χ1) is 13.5. The van der Waals surface area contributed by atoms with Gasteiger partial charge in [-0.25, -0.2) is 18.4 Å². The molecule has 0 aromatic carbocycles. The molecular formula is C19H29N5O3S. The van der Waals surface area contributed by atoms with Crippen LogP contribution in [0.15, 0.2) is 17.3 Å². The van der Waals surface area contributed by atoms with Crippen molar-refractivity contribution in [2.75, 3.05) is 25.4 Å². The Labute approximate surface area is 166 Å². The highest BCUT2D eigenvalue weighted by molar-refractivity contribution is 7.89. The summed E-state index contributed by atoms with van der Waals surface area (Å²) in [5.41, 5.74) is 7.43. The van der Waals surface area contributed by atoms with Crippen LogP contribution in [0.5, 0.6) is 0 Å². The van der Waals surface area contributed by atoms with E-state index in [0.29, 0.717) is 43.7 Å². The van der Waals surface area contributed by atoms with Gasteiger partial charge in [0.25, 0.3) is 0 Å². The number of ether oxygens (including phenoxy) is 1. The standard InChI is InChI=1S/C19H29N5O3S/c1-2-27-15-8-12-23(13-9-15)28(25,26)17-16-19(22-11-10-21-16)24(18(17)20)14-6-4-3-5-7-14/h10-11,14-15H,2-9,12-13,20H2,1H3. The fourth-order valence-electron chi connectivity index (χ4n) is 4.58. The molecule has 1 saturated heterocycles. The van der Waals surface area contributed by atoms with Crippen LogP contribution in [-0.2, 0) is 14.8 Å². The van der Waals surface area contributed by atoms with Crippen molar-refractivity contribution in [3.8, 4) is 0 Å². The molecule has 9 heteroatoms. The van der Waals surface area contributed by atoms with E-state index in [1.165, 1.54) is 16.9 Å². The van der Waals surface area contributed by atoms with Crippen molar-refractivity contribution in [2.24, 2.45) is 0 Å². The second-order valence-electron chi connectivity index (χ2n) is 7.66. The Bertz CT molecular complexity index is 928. The van der Waals surface area contributed by atoms with Gasteiger partial charge >= 0.3 is 0 Å². The Morgan fingerprint density at radius 3 is 2.46 bits per heavy atom. The summed E-state index contributed by atoms with van der Waals surface area (Å²) in [6.07, 6.45) is 10.1. The average molecular weight is 408 g/mol. The van der Waals surface area contributed by atoms with Crippen LogP contribution in [0, 0.1) is 0 Å². The minimum atomic E-state index is -3.75. The number of nitrogens with zero attached hydrogens (tertiary/aromatic N) is 4. The third-order valence-electron chi connectivity index (χ3n) is 5.96. The Balaban J connectivity index is 1.73. The number of piperidine rings is 1. The zero-order valence-corrected chi connectivity index (χ0v) is 17.2. The number of aromatic nitrogens is 3. The average Bonchev–Trinajstić information content (AvgIpc) is 3.01. The van der Waals surface area contributed by atoms with E-state index in [4.69, 9.17) is 10.5 Å². The van der Waals surface area contributed by atoms with Crippen molar-refractivity contribution in [1.82, 2.24) is 18.8 Å². The van der Waals surface area contributed by atoms with E-state index in [9.17, 15) is 8.42 Å². The first kappa shape index (κ1) is 19.6. The first-order valence-electron chi connectivity index (χ1n) is 10.3. The van der Waals surface area contributed by atoms with Gasteiger partial charge in [0.05, 0.1) is 6.10 Å². The molecule has 2 aliphatic rings. The van der Waals surface area contributed by atoms with Gasteiger partial charge in [0.15, 0.2) is 10.5 Å². The maximum absolute atomic E-state index is 13.5. The highest BCUT2D eigenvalue weighted by atomic mass is 32.2. The lowest BCUT2D eigenvalue weighted by Crippen LogP contribution is -2.41. The highest BCUT2D eigenvalue weighted by Gasteiger charge is 2.36. The van der Waals surface area contributed by atoms with Crippen LogP contribution in [-0.4, -0.2) is 53.1 Å². The smallest absolute Gasteiger partial charge is 0.248 e. The lowest BCUT2D eigenvalue weighted by Gasteiger charge is -2.31. The van der Waals surface area contributed by atoms with E-state index in [1.54, 1.807) is 6.20 Å². The van der Waals surface area contributed by atoms with Gasteiger partial charge < -0.3 is 15.0 Å². The Morgan fingerprint density at radius 2 is 1.79 bits per heavy atom. The highest BCUT2D eigenvalue weighted by Crippen LogP contribution is 2.39. The molecule has 1 aliphatic carbocycles. The largest absolute Gasteiger partial charge is 0.384 e. The number of anilines is 1. The minimum Gasteiger partial charge on any atom is -0.384 e. The summed E-state index contributed by atoms with van der Waals surface area (Å²) >= 11 is 0. The molecule has 2 aromatic heterocycles. The van der Waals surface area contributed by atoms with Gasteiger partial charge in [0.1, 0.15) is 11.3 Å². The third-order valence-corrected chi connectivity index (χ3v) is 7.92. The first-order valence-corrected chi connectivity index (χ1v) is 11.7. The van der Waals surface area contributed by atoms with E-state index >= 15 is 0 Å². The van der Waals surface area contributed by atoms with Crippen LogP contribution < -0.4 is 5.73 Å². The van der Waals surface area contributed by atoms with E-state index in [1.807, 2.05) is 11.5 Å². The zero-order valence-electron chi connectivity index (χ0n) is 16.4. The van der Waals surface area contributed by atoms with Crippen LogP contribution >= 0.6 is 0 Å². The number of nitrogens with two attached hydrogens (primary N) is 1. The maximum atomic E-state index is 13.5. The molecule has 1 aliphatic heterocycles. The molecule has 4 rings (SSSR count). The van der Waals surface area contributed by atoms with Crippen molar-refractivity contribution < 1.29 is 13.2 Å². The van der Waals surface area contributed by atoms with Crippen molar-refractivity contribution >= 4 is 27.0 Å². The second kappa shape index (κ2) is 7.96. The molecule has 1 saturated carbocycles. The Morgan fingerprint density at radius 1 is 1.11 bits per heavy atom. The zero-order chi connectivity index (χ0) is 19.7. The molecular weight excluding hydrogens is 378 g/mol. The van der Waals surface area contributed by atoms with E-state index in [2.05, 4.69) is 9.97 Å². The van der Waals surface area contributed by atoms with Crippen LogP contribution in [0.2, 0.25) is 0 Å². The number of sulfonamides is 1. The number of hydrogen-bond acceptors (Lipinski definition) is 6. The molecule has 0 unspecified atom stereocenters. The number of fused-ring (bicyclic) bond motifs is 1. The summed E-state index contributed by atoms with van der Waals surface area (Å²) in [6, 6.07) is 0.181. The van der Waals surface area contributed by atoms with Gasteiger partial charge in [-0.15, -0.1) is 0 Å². The second-order valence-corrected chi connectivity index (χ2v) is 9.54. The molecule has 0 radical (unpaired) electrons. The molecule has 0 amide bonds. The van der Waals surface area contributed by atoms with Gasteiger partial charge in [-0.1, -0.05) is 19.3 Å². The molecule has 3 heterocycles. The van der Waals surface area contributed by atoms with Gasteiger partial charge in [0.2, 0.25) is 10.0 Å². The van der Waals surface area contributed by atoms with E-state index in [-0.39, 0.29) is 22.9 Å². The topological polar surface area (TPSA) is 103 Å². The van der Waals surface area contributed by atoms with Gasteiger partial charge in [-0.3, -0.25) is 0 Å². The summed E-state index contributed by atoms with van der Waals surface area (Å²) in [6.45, 7) is 3.48. The van der Waals surface area contributed by atoms with Crippen molar-refractivity contribution in [3.63, 3.8) is 0 Å². The predicted octanol–water partition coefficient (Wildman–Crippen LogP) is 2.71. The summed E-state index contributed by atoms with van der Waals surface area (Å²) in [7, 11) is -3.75. The van der Waals surface area contributed by atoms with Crippen molar-refractivity contribution in [1.29, 1.82) is 0 Å². The molecule has 2 N–H and O–H groups in total.